The summed E-state index contributed by atoms with van der Waals surface area (Å²) in [6, 6.07) is 31.5. The van der Waals surface area contributed by atoms with Crippen molar-refractivity contribution in [2.75, 3.05) is 6.61 Å². The number of hydrogen-bond acceptors (Lipinski definition) is 2. The SMILES string of the molecule is C=C/C(C)=C/C[C@H]1O[C@@H](COC(c2ccccc2)(c2ccccc2)c2ccccc2)C[C@@H]1C(=C)C. The summed E-state index contributed by atoms with van der Waals surface area (Å²) >= 11 is 0. The number of ether oxygens (including phenoxy) is 2. The second-order valence-corrected chi connectivity index (χ2v) is 9.46. The monoisotopic (exact) mass is 464 g/mol. The lowest BCUT2D eigenvalue weighted by atomic mass is 9.80. The molecule has 1 heterocycles. The minimum absolute atomic E-state index is 0.00495. The van der Waals surface area contributed by atoms with E-state index in [4.69, 9.17) is 9.47 Å². The van der Waals surface area contributed by atoms with Gasteiger partial charge < -0.3 is 9.47 Å². The van der Waals surface area contributed by atoms with Crippen molar-refractivity contribution in [2.45, 2.75) is 44.5 Å². The van der Waals surface area contributed by atoms with Gasteiger partial charge in [0.15, 0.2) is 0 Å². The summed E-state index contributed by atoms with van der Waals surface area (Å²) in [5.74, 6) is 0.317. The van der Waals surface area contributed by atoms with Gasteiger partial charge >= 0.3 is 0 Å². The van der Waals surface area contributed by atoms with E-state index in [1.807, 2.05) is 24.3 Å². The molecule has 2 nitrogen and oxygen atoms in total. The second-order valence-electron chi connectivity index (χ2n) is 9.46. The van der Waals surface area contributed by atoms with Crippen LogP contribution in [0.2, 0.25) is 0 Å². The van der Waals surface area contributed by atoms with Crippen molar-refractivity contribution in [1.82, 2.24) is 0 Å². The molecule has 1 aliphatic rings. The van der Waals surface area contributed by atoms with Crippen LogP contribution in [0.15, 0.2) is 127 Å². The molecule has 1 aliphatic heterocycles. The molecule has 0 N–H and O–H groups in total. The predicted molar refractivity (Wildman–Crippen MR) is 145 cm³/mol. The highest BCUT2D eigenvalue weighted by Gasteiger charge is 2.41. The molecule has 0 radical (unpaired) electrons. The van der Waals surface area contributed by atoms with E-state index >= 15 is 0 Å². The molecule has 0 bridgehead atoms. The lowest BCUT2D eigenvalue weighted by molar-refractivity contribution is -0.0619. The van der Waals surface area contributed by atoms with Crippen LogP contribution in [0.1, 0.15) is 43.4 Å². The first kappa shape index (κ1) is 24.9. The largest absolute Gasteiger partial charge is 0.372 e. The Morgan fingerprint density at radius 3 is 1.80 bits per heavy atom. The van der Waals surface area contributed by atoms with Gasteiger partial charge in [-0.05, 0) is 43.4 Å². The third-order valence-corrected chi connectivity index (χ3v) is 6.99. The third kappa shape index (κ3) is 5.56. The van der Waals surface area contributed by atoms with Gasteiger partial charge in [-0.1, -0.05) is 127 Å². The van der Waals surface area contributed by atoms with Crippen LogP contribution in [-0.4, -0.2) is 18.8 Å². The first-order valence-electron chi connectivity index (χ1n) is 12.4. The van der Waals surface area contributed by atoms with Crippen LogP contribution in [0.3, 0.4) is 0 Å². The maximum Gasteiger partial charge on any atom is 0.143 e. The first-order valence-corrected chi connectivity index (χ1v) is 12.4. The van der Waals surface area contributed by atoms with Gasteiger partial charge in [-0.2, -0.15) is 0 Å². The fraction of sp³-hybridized carbons (Fsp3) is 0.273. The fourth-order valence-electron chi connectivity index (χ4n) is 5.05. The van der Waals surface area contributed by atoms with Gasteiger partial charge in [0.05, 0.1) is 18.8 Å². The smallest absolute Gasteiger partial charge is 0.143 e. The van der Waals surface area contributed by atoms with E-state index in [9.17, 15) is 0 Å². The molecule has 0 aromatic heterocycles. The lowest BCUT2D eigenvalue weighted by Crippen LogP contribution is -2.35. The van der Waals surface area contributed by atoms with Gasteiger partial charge in [0.2, 0.25) is 0 Å². The quantitative estimate of drug-likeness (QED) is 0.173. The second kappa shape index (κ2) is 11.5. The van der Waals surface area contributed by atoms with Crippen molar-refractivity contribution in [3.8, 4) is 0 Å². The number of hydrogen-bond donors (Lipinski definition) is 0. The molecule has 4 rings (SSSR count). The molecule has 3 aromatic carbocycles. The highest BCUT2D eigenvalue weighted by Crippen LogP contribution is 2.42. The Hall–Kier alpha value is -3.20. The summed E-state index contributed by atoms with van der Waals surface area (Å²) in [4.78, 5) is 0. The van der Waals surface area contributed by atoms with Crippen LogP contribution in [-0.2, 0) is 15.1 Å². The number of rotatable bonds is 10. The van der Waals surface area contributed by atoms with E-state index in [2.05, 4.69) is 106 Å². The van der Waals surface area contributed by atoms with Gasteiger partial charge in [-0.3, -0.25) is 0 Å². The zero-order valence-electron chi connectivity index (χ0n) is 20.9. The van der Waals surface area contributed by atoms with Crippen molar-refractivity contribution in [3.63, 3.8) is 0 Å². The molecule has 35 heavy (non-hydrogen) atoms. The van der Waals surface area contributed by atoms with E-state index in [1.165, 1.54) is 11.1 Å². The molecule has 1 fully saturated rings. The minimum atomic E-state index is -0.733. The van der Waals surface area contributed by atoms with Gasteiger partial charge in [-0.25, -0.2) is 0 Å². The van der Waals surface area contributed by atoms with Gasteiger partial charge in [0, 0.05) is 5.92 Å². The highest BCUT2D eigenvalue weighted by atomic mass is 16.6. The molecule has 0 spiro atoms. The van der Waals surface area contributed by atoms with Crippen LogP contribution in [0.4, 0.5) is 0 Å². The van der Waals surface area contributed by atoms with Crippen LogP contribution >= 0.6 is 0 Å². The van der Waals surface area contributed by atoms with E-state index in [0.717, 1.165) is 29.5 Å². The molecule has 3 aromatic rings. The molecular weight excluding hydrogens is 428 g/mol. The Balaban J connectivity index is 1.67. The molecule has 1 saturated heterocycles. The van der Waals surface area contributed by atoms with Crippen molar-refractivity contribution in [3.05, 3.63) is 144 Å². The Labute approximate surface area is 210 Å². The molecule has 0 aliphatic carbocycles. The maximum absolute atomic E-state index is 7.01. The van der Waals surface area contributed by atoms with Crippen molar-refractivity contribution >= 4 is 0 Å². The lowest BCUT2D eigenvalue weighted by Gasteiger charge is -2.36. The van der Waals surface area contributed by atoms with E-state index in [1.54, 1.807) is 0 Å². The molecule has 3 atom stereocenters. The van der Waals surface area contributed by atoms with Crippen LogP contribution in [0, 0.1) is 5.92 Å². The van der Waals surface area contributed by atoms with E-state index in [-0.39, 0.29) is 12.2 Å². The Bertz CT molecular complexity index is 1030. The summed E-state index contributed by atoms with van der Waals surface area (Å²) < 4.78 is 13.6. The predicted octanol–water partition coefficient (Wildman–Crippen LogP) is 7.87. The maximum atomic E-state index is 7.01. The summed E-state index contributed by atoms with van der Waals surface area (Å²) in [5.41, 5.74) is 4.92. The van der Waals surface area contributed by atoms with Crippen LogP contribution in [0.5, 0.6) is 0 Å². The average molecular weight is 465 g/mol. The van der Waals surface area contributed by atoms with Crippen molar-refractivity contribution < 1.29 is 9.47 Å². The molecule has 0 amide bonds. The van der Waals surface area contributed by atoms with Crippen LogP contribution in [0.25, 0.3) is 0 Å². The van der Waals surface area contributed by atoms with Crippen molar-refractivity contribution in [1.29, 1.82) is 0 Å². The summed E-state index contributed by atoms with van der Waals surface area (Å²) in [7, 11) is 0. The van der Waals surface area contributed by atoms with E-state index < -0.39 is 5.60 Å². The highest BCUT2D eigenvalue weighted by molar-refractivity contribution is 5.47. The Kier molecular flexibility index (Phi) is 8.17. The minimum Gasteiger partial charge on any atom is -0.372 e. The Morgan fingerprint density at radius 2 is 1.37 bits per heavy atom. The average Bonchev–Trinajstić information content (AvgIpc) is 3.33. The summed E-state index contributed by atoms with van der Waals surface area (Å²) in [6.07, 6.45) is 5.96. The molecule has 0 unspecified atom stereocenters. The zero-order chi connectivity index (χ0) is 24.7. The van der Waals surface area contributed by atoms with Gasteiger partial charge in [0.25, 0.3) is 0 Å². The normalized spacial score (nSPS) is 20.5. The molecule has 0 saturated carbocycles. The third-order valence-electron chi connectivity index (χ3n) is 6.99. The molecule has 180 valence electrons. The molecule has 2 heteroatoms. The standard InChI is InChI=1S/C33H36O2/c1-5-26(4)21-22-32-31(25(2)3)23-30(35-32)24-34-33(27-15-9-6-10-16-27,28-17-11-7-12-18-28)29-19-13-8-14-20-29/h5-21,30-32H,1-2,22-24H2,3-4H3/b26-21+/t30-,31-,32-/m1/s1. The fourth-order valence-corrected chi connectivity index (χ4v) is 5.05. The van der Waals surface area contributed by atoms with Gasteiger partial charge in [-0.15, -0.1) is 0 Å². The topological polar surface area (TPSA) is 18.5 Å². The van der Waals surface area contributed by atoms with E-state index in [0.29, 0.717) is 12.5 Å². The zero-order valence-corrected chi connectivity index (χ0v) is 20.9. The summed E-state index contributed by atoms with van der Waals surface area (Å²) in [5, 5.41) is 0. The first-order chi connectivity index (χ1) is 17.0. The van der Waals surface area contributed by atoms with Crippen molar-refractivity contribution in [2.24, 2.45) is 5.92 Å². The molecular formula is C33H36O2. The van der Waals surface area contributed by atoms with Gasteiger partial charge in [0.1, 0.15) is 5.60 Å². The van der Waals surface area contributed by atoms with Crippen LogP contribution < -0.4 is 0 Å². The number of allylic oxidation sites excluding steroid dienone is 2. The summed E-state index contributed by atoms with van der Waals surface area (Å²) in [6.45, 7) is 12.8. The Morgan fingerprint density at radius 1 is 0.886 bits per heavy atom. The number of benzene rings is 3.